The number of carbonyl (C=O) groups is 3. The first-order valence-electron chi connectivity index (χ1n) is 7.45. The first-order chi connectivity index (χ1) is 12.4. The molecule has 0 atom stereocenters. The molecule has 4 amide bonds. The molecule has 1 fully saturated rings. The lowest BCUT2D eigenvalue weighted by Crippen LogP contribution is -2.54. The number of hydrogen-bond donors (Lipinski definition) is 2. The molecule has 0 unspecified atom stereocenters. The summed E-state index contributed by atoms with van der Waals surface area (Å²) < 4.78 is 5.39. The normalized spacial score (nSPS) is 16.0. The molecule has 0 aromatic heterocycles. The summed E-state index contributed by atoms with van der Waals surface area (Å²) in [5.74, 6) is -1.47. The number of aromatic hydroxyl groups is 1. The van der Waals surface area contributed by atoms with Crippen molar-refractivity contribution in [3.8, 4) is 11.5 Å². The van der Waals surface area contributed by atoms with Crippen LogP contribution in [0.4, 0.5) is 10.5 Å². The number of anilines is 1. The van der Waals surface area contributed by atoms with Crippen molar-refractivity contribution in [2.45, 2.75) is 0 Å². The van der Waals surface area contributed by atoms with Crippen LogP contribution in [0.2, 0.25) is 0 Å². The van der Waals surface area contributed by atoms with E-state index in [0.29, 0.717) is 15.7 Å². The number of benzene rings is 2. The molecule has 0 aliphatic carbocycles. The molecular weight excluding hydrogens is 404 g/mol. The summed E-state index contributed by atoms with van der Waals surface area (Å²) >= 11 is 3.18. The molecule has 1 aliphatic heterocycles. The van der Waals surface area contributed by atoms with Crippen LogP contribution >= 0.6 is 15.9 Å². The smallest absolute Gasteiger partial charge is 0.335 e. The summed E-state index contributed by atoms with van der Waals surface area (Å²) in [6.45, 7) is 0. The number of hydrogen-bond acceptors (Lipinski definition) is 5. The fourth-order valence-corrected chi connectivity index (χ4v) is 2.93. The van der Waals surface area contributed by atoms with Crippen LogP contribution in [-0.2, 0) is 9.59 Å². The van der Waals surface area contributed by atoms with E-state index in [1.807, 2.05) is 0 Å². The van der Waals surface area contributed by atoms with Crippen LogP contribution in [0.15, 0.2) is 52.5 Å². The molecule has 7 nitrogen and oxygen atoms in total. The lowest BCUT2D eigenvalue weighted by atomic mass is 10.1. The minimum Gasteiger partial charge on any atom is -0.503 e. The Morgan fingerprint density at radius 3 is 2.50 bits per heavy atom. The fourth-order valence-electron chi connectivity index (χ4n) is 2.47. The highest BCUT2D eigenvalue weighted by molar-refractivity contribution is 9.10. The number of nitrogens with zero attached hydrogens (tertiary/aromatic N) is 1. The third-order valence-electron chi connectivity index (χ3n) is 3.70. The van der Waals surface area contributed by atoms with Crippen LogP contribution in [0.5, 0.6) is 11.5 Å². The highest BCUT2D eigenvalue weighted by Crippen LogP contribution is 2.36. The third kappa shape index (κ3) is 3.18. The summed E-state index contributed by atoms with van der Waals surface area (Å²) in [6.07, 6.45) is 1.33. The van der Waals surface area contributed by atoms with Crippen molar-refractivity contribution >= 4 is 45.5 Å². The standard InChI is InChI=1S/C18H13BrN2O5/c1-26-14-9-10(8-13(19)15(14)22)7-12-16(23)20-18(25)21(17(12)24)11-5-3-2-4-6-11/h2-9,22H,1H3,(H,20,23,25)/b12-7-. The number of carbonyl (C=O) groups excluding carboxylic acids is 3. The summed E-state index contributed by atoms with van der Waals surface area (Å²) in [4.78, 5) is 37.9. The van der Waals surface area contributed by atoms with E-state index in [1.54, 1.807) is 30.3 Å². The zero-order valence-electron chi connectivity index (χ0n) is 13.5. The van der Waals surface area contributed by atoms with Gasteiger partial charge < -0.3 is 9.84 Å². The third-order valence-corrected chi connectivity index (χ3v) is 4.30. The Labute approximate surface area is 157 Å². The highest BCUT2D eigenvalue weighted by atomic mass is 79.9. The Bertz CT molecular complexity index is 940. The summed E-state index contributed by atoms with van der Waals surface area (Å²) in [6, 6.07) is 10.5. The second kappa shape index (κ2) is 7.01. The van der Waals surface area contributed by atoms with Gasteiger partial charge in [0.05, 0.1) is 17.3 Å². The maximum atomic E-state index is 12.7. The first kappa shape index (κ1) is 17.7. The zero-order chi connectivity index (χ0) is 18.8. The molecule has 1 aliphatic rings. The molecule has 3 rings (SSSR count). The molecule has 1 saturated heterocycles. The number of barbiturate groups is 1. The quantitative estimate of drug-likeness (QED) is 0.592. The average Bonchev–Trinajstić information content (AvgIpc) is 2.62. The molecule has 1 heterocycles. The van der Waals surface area contributed by atoms with E-state index in [1.165, 1.54) is 25.3 Å². The molecule has 8 heteroatoms. The van der Waals surface area contributed by atoms with Gasteiger partial charge in [0.1, 0.15) is 5.57 Å². The summed E-state index contributed by atoms with van der Waals surface area (Å²) in [5.41, 5.74) is 0.568. The summed E-state index contributed by atoms with van der Waals surface area (Å²) in [5, 5.41) is 12.0. The van der Waals surface area contributed by atoms with Crippen molar-refractivity contribution in [1.29, 1.82) is 0 Å². The number of ether oxygens (including phenoxy) is 1. The van der Waals surface area contributed by atoms with Gasteiger partial charge in [0.25, 0.3) is 11.8 Å². The minimum atomic E-state index is -0.812. The van der Waals surface area contributed by atoms with Crippen molar-refractivity contribution < 1.29 is 24.2 Å². The minimum absolute atomic E-state index is 0.102. The lowest BCUT2D eigenvalue weighted by Gasteiger charge is -2.26. The predicted molar refractivity (Wildman–Crippen MR) is 97.8 cm³/mol. The van der Waals surface area contributed by atoms with Gasteiger partial charge in [0.15, 0.2) is 11.5 Å². The lowest BCUT2D eigenvalue weighted by molar-refractivity contribution is -0.122. The molecule has 2 aromatic carbocycles. The fraction of sp³-hybridized carbons (Fsp3) is 0.0556. The monoisotopic (exact) mass is 416 g/mol. The largest absolute Gasteiger partial charge is 0.503 e. The molecule has 2 aromatic rings. The van der Waals surface area contributed by atoms with Crippen molar-refractivity contribution in [1.82, 2.24) is 5.32 Å². The van der Waals surface area contributed by atoms with E-state index < -0.39 is 17.8 Å². The molecule has 132 valence electrons. The van der Waals surface area contributed by atoms with Crippen molar-refractivity contribution in [3.63, 3.8) is 0 Å². The predicted octanol–water partition coefficient (Wildman–Crippen LogP) is 2.83. The van der Waals surface area contributed by atoms with Gasteiger partial charge in [-0.1, -0.05) is 18.2 Å². The van der Waals surface area contributed by atoms with Gasteiger partial charge in [-0.25, -0.2) is 9.69 Å². The number of nitrogens with one attached hydrogen (secondary N) is 1. The zero-order valence-corrected chi connectivity index (χ0v) is 15.1. The highest BCUT2D eigenvalue weighted by Gasteiger charge is 2.36. The number of methoxy groups -OCH3 is 1. The molecule has 0 radical (unpaired) electrons. The van der Waals surface area contributed by atoms with Crippen LogP contribution in [0, 0.1) is 0 Å². The van der Waals surface area contributed by atoms with E-state index in [2.05, 4.69) is 21.2 Å². The molecule has 0 bridgehead atoms. The number of para-hydroxylation sites is 1. The second-order valence-corrected chi connectivity index (χ2v) is 6.20. The number of halogens is 1. The van der Waals surface area contributed by atoms with Gasteiger partial charge in [-0.3, -0.25) is 14.9 Å². The maximum Gasteiger partial charge on any atom is 0.335 e. The van der Waals surface area contributed by atoms with Crippen LogP contribution in [0.25, 0.3) is 6.08 Å². The molecular formula is C18H13BrN2O5. The SMILES string of the molecule is COc1cc(/C=C2/C(=O)NC(=O)N(c3ccccc3)C2=O)cc(Br)c1O. The number of imide groups is 2. The van der Waals surface area contributed by atoms with Gasteiger partial charge in [-0.15, -0.1) is 0 Å². The molecule has 0 spiro atoms. The van der Waals surface area contributed by atoms with Gasteiger partial charge in [0, 0.05) is 0 Å². The van der Waals surface area contributed by atoms with E-state index >= 15 is 0 Å². The number of phenolic OH excluding ortho intramolecular Hbond substituents is 1. The first-order valence-corrected chi connectivity index (χ1v) is 8.24. The van der Waals surface area contributed by atoms with Gasteiger partial charge in [0.2, 0.25) is 0 Å². The molecule has 2 N–H and O–H groups in total. The van der Waals surface area contributed by atoms with Crippen molar-refractivity contribution in [2.75, 3.05) is 12.0 Å². The maximum absolute atomic E-state index is 12.7. The topological polar surface area (TPSA) is 95.9 Å². The van der Waals surface area contributed by atoms with E-state index in [4.69, 9.17) is 4.74 Å². The number of amides is 4. The Morgan fingerprint density at radius 1 is 1.15 bits per heavy atom. The van der Waals surface area contributed by atoms with Crippen LogP contribution in [0.3, 0.4) is 0 Å². The Hall–Kier alpha value is -3.13. The Balaban J connectivity index is 2.05. The number of phenols is 1. The van der Waals surface area contributed by atoms with Crippen LogP contribution in [0.1, 0.15) is 5.56 Å². The van der Waals surface area contributed by atoms with E-state index in [9.17, 15) is 19.5 Å². The molecule has 26 heavy (non-hydrogen) atoms. The number of urea groups is 1. The van der Waals surface area contributed by atoms with Crippen molar-refractivity contribution in [3.05, 3.63) is 58.1 Å². The van der Waals surface area contributed by atoms with Crippen LogP contribution in [-0.4, -0.2) is 30.1 Å². The van der Waals surface area contributed by atoms with Crippen molar-refractivity contribution in [2.24, 2.45) is 0 Å². The Morgan fingerprint density at radius 2 is 1.85 bits per heavy atom. The molecule has 0 saturated carbocycles. The van der Waals surface area contributed by atoms with E-state index in [0.717, 1.165) is 4.90 Å². The van der Waals surface area contributed by atoms with Gasteiger partial charge >= 0.3 is 6.03 Å². The number of rotatable bonds is 3. The van der Waals surface area contributed by atoms with Gasteiger partial charge in [-0.05, 0) is 51.8 Å². The van der Waals surface area contributed by atoms with Crippen LogP contribution < -0.4 is 15.0 Å². The average molecular weight is 417 g/mol. The summed E-state index contributed by atoms with van der Waals surface area (Å²) in [7, 11) is 1.38. The Kier molecular flexibility index (Phi) is 4.77. The van der Waals surface area contributed by atoms with Gasteiger partial charge in [-0.2, -0.15) is 0 Å². The van der Waals surface area contributed by atoms with E-state index in [-0.39, 0.29) is 17.1 Å². The second-order valence-electron chi connectivity index (χ2n) is 5.35.